The molecule has 2 nitrogen and oxygen atoms in total. The monoisotopic (exact) mass is 228 g/mol. The summed E-state index contributed by atoms with van der Waals surface area (Å²) in [6.45, 7) is 2.41. The van der Waals surface area contributed by atoms with Crippen LogP contribution in [-0.2, 0) is 4.74 Å². The first-order valence-electron chi connectivity index (χ1n) is 4.80. The molecule has 0 aliphatic carbocycles. The molecule has 1 rings (SSSR count). The molecule has 0 heterocycles. The Hall–Kier alpha value is -1.03. The van der Waals surface area contributed by atoms with E-state index in [1.807, 2.05) is 6.92 Å². The first kappa shape index (κ1) is 12.0. The highest BCUT2D eigenvalue weighted by Gasteiger charge is 2.08. The van der Waals surface area contributed by atoms with Gasteiger partial charge in [-0.2, -0.15) is 0 Å². The van der Waals surface area contributed by atoms with E-state index in [0.29, 0.717) is 12.2 Å². The molecule has 0 fully saturated rings. The lowest BCUT2D eigenvalue weighted by Gasteiger charge is -2.04. The normalized spacial score (nSPS) is 10.1. The summed E-state index contributed by atoms with van der Waals surface area (Å²) < 4.78 is 17.8. The van der Waals surface area contributed by atoms with Crippen molar-refractivity contribution in [3.63, 3.8) is 0 Å². The van der Waals surface area contributed by atoms with Crippen LogP contribution in [0.4, 0.5) is 4.39 Å². The van der Waals surface area contributed by atoms with E-state index in [1.54, 1.807) is 0 Å². The highest BCUT2D eigenvalue weighted by Crippen LogP contribution is 2.14. The molecular formula is C11H13FO2S. The molecule has 15 heavy (non-hydrogen) atoms. The van der Waals surface area contributed by atoms with Crippen molar-refractivity contribution in [1.82, 2.24) is 0 Å². The molecule has 0 bridgehead atoms. The van der Waals surface area contributed by atoms with E-state index in [2.05, 4.69) is 12.6 Å². The maximum Gasteiger partial charge on any atom is 0.338 e. The maximum absolute atomic E-state index is 12.8. The standard InChI is InChI=1S/C11H13FO2S/c1-2-3-6-14-11(13)8-4-5-9(12)10(15)7-8/h4-5,7,15H,2-3,6H2,1H3. The van der Waals surface area contributed by atoms with Crippen molar-refractivity contribution in [3.05, 3.63) is 29.6 Å². The number of carbonyl (C=O) groups excluding carboxylic acids is 1. The molecule has 0 N–H and O–H groups in total. The maximum atomic E-state index is 12.8. The molecule has 82 valence electrons. The lowest BCUT2D eigenvalue weighted by atomic mass is 10.2. The zero-order chi connectivity index (χ0) is 11.3. The molecule has 1 aromatic rings. The number of unbranched alkanes of at least 4 members (excludes halogenated alkanes) is 1. The number of halogens is 1. The Morgan fingerprint density at radius 1 is 1.53 bits per heavy atom. The van der Waals surface area contributed by atoms with Gasteiger partial charge in [-0.3, -0.25) is 0 Å². The Labute approximate surface area is 93.9 Å². The van der Waals surface area contributed by atoms with Crippen LogP contribution in [0.1, 0.15) is 30.1 Å². The molecule has 0 spiro atoms. The second-order valence-electron chi connectivity index (χ2n) is 3.16. The summed E-state index contributed by atoms with van der Waals surface area (Å²) in [6, 6.07) is 3.97. The molecule has 0 aliphatic rings. The molecule has 1 aromatic carbocycles. The van der Waals surface area contributed by atoms with Gasteiger partial charge in [-0.1, -0.05) is 13.3 Å². The van der Waals surface area contributed by atoms with Crippen LogP contribution in [0.15, 0.2) is 23.1 Å². The smallest absolute Gasteiger partial charge is 0.338 e. The average molecular weight is 228 g/mol. The third-order valence-corrected chi connectivity index (χ3v) is 2.26. The van der Waals surface area contributed by atoms with E-state index in [1.165, 1.54) is 18.2 Å². The van der Waals surface area contributed by atoms with Crippen LogP contribution in [0, 0.1) is 5.82 Å². The third-order valence-electron chi connectivity index (χ3n) is 1.91. The van der Waals surface area contributed by atoms with Crippen LogP contribution in [-0.4, -0.2) is 12.6 Å². The molecule has 0 saturated heterocycles. The number of hydrogen-bond acceptors (Lipinski definition) is 3. The van der Waals surface area contributed by atoms with E-state index in [9.17, 15) is 9.18 Å². The fourth-order valence-corrected chi connectivity index (χ4v) is 1.25. The molecule has 0 saturated carbocycles. The Balaban J connectivity index is 2.62. The number of esters is 1. The van der Waals surface area contributed by atoms with Gasteiger partial charge in [0.25, 0.3) is 0 Å². The first-order chi connectivity index (χ1) is 7.15. The van der Waals surface area contributed by atoms with Crippen molar-refractivity contribution in [3.8, 4) is 0 Å². The van der Waals surface area contributed by atoms with Gasteiger partial charge < -0.3 is 4.74 Å². The Kier molecular flexibility index (Phi) is 4.62. The molecule has 0 aromatic heterocycles. The van der Waals surface area contributed by atoms with Crippen LogP contribution in [0.2, 0.25) is 0 Å². The van der Waals surface area contributed by atoms with Crippen LogP contribution < -0.4 is 0 Å². The number of benzene rings is 1. The first-order valence-corrected chi connectivity index (χ1v) is 5.25. The topological polar surface area (TPSA) is 26.3 Å². The van der Waals surface area contributed by atoms with Gasteiger partial charge >= 0.3 is 5.97 Å². The summed E-state index contributed by atoms with van der Waals surface area (Å²) in [4.78, 5) is 11.6. The predicted octanol–water partition coefficient (Wildman–Crippen LogP) is 3.07. The van der Waals surface area contributed by atoms with E-state index in [0.717, 1.165) is 12.8 Å². The van der Waals surface area contributed by atoms with Crippen molar-refractivity contribution >= 4 is 18.6 Å². The van der Waals surface area contributed by atoms with E-state index < -0.39 is 11.8 Å². The predicted molar refractivity (Wildman–Crippen MR) is 58.8 cm³/mol. The highest BCUT2D eigenvalue weighted by atomic mass is 32.1. The van der Waals surface area contributed by atoms with E-state index >= 15 is 0 Å². The average Bonchev–Trinajstić information content (AvgIpc) is 2.22. The van der Waals surface area contributed by atoms with Crippen molar-refractivity contribution in [2.24, 2.45) is 0 Å². The van der Waals surface area contributed by atoms with Crippen molar-refractivity contribution < 1.29 is 13.9 Å². The van der Waals surface area contributed by atoms with Crippen molar-refractivity contribution in [2.75, 3.05) is 6.61 Å². The molecule has 0 radical (unpaired) electrons. The quantitative estimate of drug-likeness (QED) is 0.487. The Morgan fingerprint density at radius 3 is 2.87 bits per heavy atom. The molecule has 0 atom stereocenters. The SMILES string of the molecule is CCCCOC(=O)c1ccc(F)c(S)c1. The molecular weight excluding hydrogens is 215 g/mol. The minimum absolute atomic E-state index is 0.153. The summed E-state index contributed by atoms with van der Waals surface area (Å²) >= 11 is 3.89. The summed E-state index contributed by atoms with van der Waals surface area (Å²) in [7, 11) is 0. The fourth-order valence-electron chi connectivity index (χ4n) is 1.03. The Bertz CT molecular complexity index is 352. The third kappa shape index (κ3) is 3.55. The van der Waals surface area contributed by atoms with Gasteiger partial charge in [0, 0.05) is 4.90 Å². The van der Waals surface area contributed by atoms with Crippen molar-refractivity contribution in [2.45, 2.75) is 24.7 Å². The van der Waals surface area contributed by atoms with Gasteiger partial charge in [-0.15, -0.1) is 12.6 Å². The number of thiol groups is 1. The van der Waals surface area contributed by atoms with Crippen LogP contribution >= 0.6 is 12.6 Å². The van der Waals surface area contributed by atoms with Gasteiger partial charge in [0.2, 0.25) is 0 Å². The number of hydrogen-bond donors (Lipinski definition) is 1. The van der Waals surface area contributed by atoms with Gasteiger partial charge in [0.15, 0.2) is 0 Å². The van der Waals surface area contributed by atoms with Gasteiger partial charge in [-0.25, -0.2) is 9.18 Å². The van der Waals surface area contributed by atoms with Gasteiger partial charge in [0.1, 0.15) is 5.82 Å². The second-order valence-corrected chi connectivity index (χ2v) is 3.64. The lowest BCUT2D eigenvalue weighted by Crippen LogP contribution is -2.06. The fraction of sp³-hybridized carbons (Fsp3) is 0.364. The second kappa shape index (κ2) is 5.75. The van der Waals surface area contributed by atoms with E-state index in [-0.39, 0.29) is 4.90 Å². The highest BCUT2D eigenvalue weighted by molar-refractivity contribution is 7.80. The number of carbonyl (C=O) groups is 1. The molecule has 0 unspecified atom stereocenters. The van der Waals surface area contributed by atoms with Crippen LogP contribution in [0.25, 0.3) is 0 Å². The van der Waals surface area contributed by atoms with E-state index in [4.69, 9.17) is 4.74 Å². The minimum atomic E-state index is -0.441. The molecule has 4 heteroatoms. The van der Waals surface area contributed by atoms with Crippen LogP contribution in [0.3, 0.4) is 0 Å². The minimum Gasteiger partial charge on any atom is -0.462 e. The number of rotatable bonds is 4. The zero-order valence-electron chi connectivity index (χ0n) is 8.50. The molecule has 0 aliphatic heterocycles. The zero-order valence-corrected chi connectivity index (χ0v) is 9.39. The van der Waals surface area contributed by atoms with Gasteiger partial charge in [-0.05, 0) is 24.6 Å². The van der Waals surface area contributed by atoms with Gasteiger partial charge in [0.05, 0.1) is 12.2 Å². The summed E-state index contributed by atoms with van der Waals surface area (Å²) in [6.07, 6.45) is 1.80. The van der Waals surface area contributed by atoms with Crippen LogP contribution in [0.5, 0.6) is 0 Å². The molecule has 0 amide bonds. The largest absolute Gasteiger partial charge is 0.462 e. The lowest BCUT2D eigenvalue weighted by molar-refractivity contribution is 0.0499. The summed E-state index contributed by atoms with van der Waals surface area (Å²) in [5.41, 5.74) is 0.331. The summed E-state index contributed by atoms with van der Waals surface area (Å²) in [5, 5.41) is 0. The van der Waals surface area contributed by atoms with Crippen molar-refractivity contribution in [1.29, 1.82) is 0 Å². The summed E-state index contributed by atoms with van der Waals surface area (Å²) in [5.74, 6) is -0.873. The number of ether oxygens (including phenoxy) is 1. The Morgan fingerprint density at radius 2 is 2.27 bits per heavy atom.